The molecule has 0 spiro atoms. The number of hydrogen-bond donors (Lipinski definition) is 0. The predicted molar refractivity (Wildman–Crippen MR) is 200 cm³/mol. The first kappa shape index (κ1) is 36.6. The molecule has 0 fully saturated rings. The smallest absolute Gasteiger partial charge is 0.307 e. The molecule has 0 aliphatic rings. The van der Waals surface area contributed by atoms with Crippen LogP contribution in [0.25, 0.3) is 0 Å². The Morgan fingerprint density at radius 1 is 0.596 bits per heavy atom. The lowest BCUT2D eigenvalue weighted by Gasteiger charge is -2.39. The quantitative estimate of drug-likeness (QED) is 0.0899. The van der Waals surface area contributed by atoms with Crippen LogP contribution in [0.4, 0.5) is 0 Å². The summed E-state index contributed by atoms with van der Waals surface area (Å²) < 4.78 is 59.6. The van der Waals surface area contributed by atoms with Gasteiger partial charge in [0, 0.05) is 46.1 Å². The monoisotopic (exact) mass is 736 g/mol. The Morgan fingerprint density at radius 3 is 1.60 bits per heavy atom. The van der Waals surface area contributed by atoms with E-state index in [9.17, 15) is 8.42 Å². The normalized spacial score (nSPS) is 12.5. The average molecular weight is 737 g/mol. The molecule has 0 bridgehead atoms. The van der Waals surface area contributed by atoms with Gasteiger partial charge in [-0.25, -0.2) is 3.63 Å². The molecule has 2 heterocycles. The summed E-state index contributed by atoms with van der Waals surface area (Å²) in [5.41, 5.74) is 2.80. The fourth-order valence-electron chi connectivity index (χ4n) is 5.35. The lowest BCUT2D eigenvalue weighted by Crippen LogP contribution is -2.16. The second kappa shape index (κ2) is 16.9. The van der Waals surface area contributed by atoms with Crippen molar-refractivity contribution in [1.82, 2.24) is 9.97 Å². The van der Waals surface area contributed by atoms with E-state index < -0.39 is 26.7 Å². The third kappa shape index (κ3) is 8.99. The second-order valence-electron chi connectivity index (χ2n) is 11.7. The van der Waals surface area contributed by atoms with Crippen LogP contribution in [0.15, 0.2) is 166 Å². The number of hydrogen-bond acceptors (Lipinski definition) is 9. The molecule has 0 N–H and O–H groups in total. The molecule has 52 heavy (non-hydrogen) atoms. The Bertz CT molecular complexity index is 2060. The van der Waals surface area contributed by atoms with Crippen LogP contribution in [-0.4, -0.2) is 31.3 Å². The minimum Gasteiger partial charge on any atom is -0.489 e. The van der Waals surface area contributed by atoms with E-state index in [1.807, 2.05) is 106 Å². The van der Waals surface area contributed by atoms with Crippen molar-refractivity contribution in [2.45, 2.75) is 59.9 Å². The molecule has 0 saturated heterocycles. The van der Waals surface area contributed by atoms with E-state index in [4.69, 9.17) is 22.6 Å². The summed E-state index contributed by atoms with van der Waals surface area (Å²) in [6, 6.07) is 36.2. The molecule has 1 unspecified atom stereocenters. The van der Waals surface area contributed by atoms with Crippen LogP contribution in [0.1, 0.15) is 30.5 Å². The number of pyridine rings is 2. The lowest BCUT2D eigenvalue weighted by atomic mass is 10.2. The summed E-state index contributed by atoms with van der Waals surface area (Å²) in [4.78, 5) is 10.0. The summed E-state index contributed by atoms with van der Waals surface area (Å²) in [6.45, 7) is 6.70. The van der Waals surface area contributed by atoms with Crippen molar-refractivity contribution in [2.24, 2.45) is 0 Å². The van der Waals surface area contributed by atoms with Gasteiger partial charge in [0.1, 0.15) is 30.5 Å². The minimum absolute atomic E-state index is 0.0376. The maximum atomic E-state index is 14.4. The van der Waals surface area contributed by atoms with E-state index in [0.29, 0.717) is 51.8 Å². The Labute approximate surface area is 306 Å². The number of rotatable bonds is 16. The maximum Gasteiger partial charge on any atom is 0.307 e. The van der Waals surface area contributed by atoms with E-state index in [0.717, 1.165) is 16.7 Å². The molecule has 0 aliphatic carbocycles. The van der Waals surface area contributed by atoms with Gasteiger partial charge in [-0.15, -0.1) is 0 Å². The Morgan fingerprint density at radius 2 is 1.10 bits per heavy atom. The van der Waals surface area contributed by atoms with Gasteiger partial charge in [-0.1, -0.05) is 29.8 Å². The van der Waals surface area contributed by atoms with Gasteiger partial charge in [-0.05, 0) is 139 Å². The molecule has 1 atom stereocenters. The molecule has 0 aliphatic heterocycles. The summed E-state index contributed by atoms with van der Waals surface area (Å²) in [5, 5.41) is 0. The summed E-state index contributed by atoms with van der Waals surface area (Å²) >= 11 is 0. The molecule has 9 nitrogen and oxygen atoms in total. The van der Waals surface area contributed by atoms with Crippen molar-refractivity contribution in [2.75, 3.05) is 6.61 Å². The third-order valence-electron chi connectivity index (χ3n) is 7.94. The Kier molecular flexibility index (Phi) is 11.9. The van der Waals surface area contributed by atoms with Crippen LogP contribution in [0.5, 0.6) is 17.2 Å². The Hall–Kier alpha value is -5.20. The number of ether oxygens (including phenoxy) is 4. The van der Waals surface area contributed by atoms with Gasteiger partial charge in [0.25, 0.3) is 0 Å². The van der Waals surface area contributed by atoms with Crippen molar-refractivity contribution in [1.29, 1.82) is 0 Å². The lowest BCUT2D eigenvalue weighted by molar-refractivity contribution is -0.0613. The zero-order chi connectivity index (χ0) is 36.4. The van der Waals surface area contributed by atoms with Crippen LogP contribution in [-0.2, 0) is 31.7 Å². The van der Waals surface area contributed by atoms with E-state index in [-0.39, 0.29) is 4.90 Å². The highest BCUT2D eigenvalue weighted by molar-refractivity contribution is 8.33. The standard InChI is InChI=1S/C41H40N2O7S2/c1-4-46-32(3)49-35-13-17-38(18-14-35)51(50-52(44,45)39-15-11-31(2)12-16-39,40-9-5-7-36(27-40)47-29-33-19-23-42-24-20-33)41-10-6-8-37(28-41)48-30-34-21-25-43-26-22-34/h5-28,32H,4,29-30H2,1-3H3. The molecule has 268 valence electrons. The van der Waals surface area contributed by atoms with Crippen LogP contribution < -0.4 is 14.2 Å². The minimum atomic E-state index is -4.36. The van der Waals surface area contributed by atoms with Crippen molar-refractivity contribution < 1.29 is 31.0 Å². The zero-order valence-electron chi connectivity index (χ0n) is 29.1. The molecule has 4 aromatic carbocycles. The SMILES string of the molecule is CCOC(C)Oc1ccc(S(OS(=O)(=O)c2ccc(C)cc2)(c2cccc(OCc3ccncc3)c2)c2cccc(OCc3ccncc3)c2)cc1. The van der Waals surface area contributed by atoms with Gasteiger partial charge in [0.2, 0.25) is 0 Å². The molecular weight excluding hydrogens is 697 g/mol. The van der Waals surface area contributed by atoms with Crippen LogP contribution in [0.2, 0.25) is 0 Å². The second-order valence-corrected chi connectivity index (χ2v) is 16.2. The van der Waals surface area contributed by atoms with Gasteiger partial charge >= 0.3 is 10.1 Å². The fraction of sp³-hybridized carbons (Fsp3) is 0.171. The number of nitrogens with zero attached hydrogens (tertiary/aromatic N) is 2. The fourth-order valence-corrected chi connectivity index (χ4v) is 10.6. The highest BCUT2D eigenvalue weighted by Gasteiger charge is 2.39. The first-order valence-electron chi connectivity index (χ1n) is 16.7. The van der Waals surface area contributed by atoms with Gasteiger partial charge in [0.15, 0.2) is 6.29 Å². The van der Waals surface area contributed by atoms with Crippen molar-refractivity contribution in [3.05, 3.63) is 163 Å². The summed E-state index contributed by atoms with van der Waals surface area (Å²) in [6.07, 6.45) is 6.36. The predicted octanol–water partition coefficient (Wildman–Crippen LogP) is 9.31. The van der Waals surface area contributed by atoms with E-state index >= 15 is 0 Å². The largest absolute Gasteiger partial charge is 0.489 e. The highest BCUT2D eigenvalue weighted by Crippen LogP contribution is 2.71. The van der Waals surface area contributed by atoms with Crippen LogP contribution >= 0.6 is 10.3 Å². The average Bonchev–Trinajstić information content (AvgIpc) is 3.17. The van der Waals surface area contributed by atoms with Crippen molar-refractivity contribution >= 4 is 20.4 Å². The molecule has 2 aromatic heterocycles. The molecule has 0 radical (unpaired) electrons. The molecule has 6 aromatic rings. The van der Waals surface area contributed by atoms with E-state index in [2.05, 4.69) is 9.97 Å². The summed E-state index contributed by atoms with van der Waals surface area (Å²) in [7, 11) is -7.43. The third-order valence-corrected chi connectivity index (χ3v) is 13.1. The first-order valence-corrected chi connectivity index (χ1v) is 19.7. The number of aromatic nitrogens is 2. The van der Waals surface area contributed by atoms with Crippen LogP contribution in [0, 0.1) is 6.92 Å². The van der Waals surface area contributed by atoms with E-state index in [1.165, 1.54) is 0 Å². The number of benzene rings is 4. The molecule has 0 amide bonds. The van der Waals surface area contributed by atoms with Gasteiger partial charge in [-0.2, -0.15) is 8.42 Å². The van der Waals surface area contributed by atoms with Gasteiger partial charge < -0.3 is 18.9 Å². The molecule has 6 rings (SSSR count). The molecule has 11 heteroatoms. The first-order chi connectivity index (χ1) is 25.2. The number of aryl methyl sites for hydroxylation is 1. The zero-order valence-corrected chi connectivity index (χ0v) is 30.8. The van der Waals surface area contributed by atoms with Crippen LogP contribution in [0.3, 0.4) is 0 Å². The van der Waals surface area contributed by atoms with Crippen molar-refractivity contribution in [3.63, 3.8) is 0 Å². The Balaban J connectivity index is 1.51. The van der Waals surface area contributed by atoms with E-state index in [1.54, 1.807) is 61.2 Å². The van der Waals surface area contributed by atoms with Gasteiger partial charge in [0.05, 0.1) is 4.90 Å². The molecule has 0 saturated carbocycles. The maximum absolute atomic E-state index is 14.4. The molecular formula is C41H40N2O7S2. The topological polar surface area (TPSA) is 106 Å². The van der Waals surface area contributed by atoms with Gasteiger partial charge in [-0.3, -0.25) is 9.97 Å². The highest BCUT2D eigenvalue weighted by atomic mass is 32.3. The summed E-state index contributed by atoms with van der Waals surface area (Å²) in [5.74, 6) is 1.64. The van der Waals surface area contributed by atoms with Crippen molar-refractivity contribution in [3.8, 4) is 17.2 Å².